The van der Waals surface area contributed by atoms with E-state index in [4.69, 9.17) is 22.7 Å². The van der Waals surface area contributed by atoms with Crippen LogP contribution in [-0.4, -0.2) is 53.3 Å². The van der Waals surface area contributed by atoms with E-state index in [0.29, 0.717) is 6.04 Å². The van der Waals surface area contributed by atoms with Gasteiger partial charge in [0, 0.05) is 36.3 Å². The zero-order chi connectivity index (χ0) is 23.7. The maximum absolute atomic E-state index is 6.42. The van der Waals surface area contributed by atoms with Crippen molar-refractivity contribution in [2.45, 2.75) is 76.0 Å². The molecule has 7 atom stereocenters. The summed E-state index contributed by atoms with van der Waals surface area (Å²) in [4.78, 5) is 7.34. The molecule has 0 radical (unpaired) electrons. The molecular weight excluding hydrogens is 442 g/mol. The topological polar surface area (TPSA) is 75.4 Å². The van der Waals surface area contributed by atoms with Gasteiger partial charge in [-0.3, -0.25) is 9.88 Å². The lowest BCUT2D eigenvalue weighted by molar-refractivity contribution is -0.0134. The minimum absolute atomic E-state index is 0.0815. The zero-order valence-electron chi connectivity index (χ0n) is 20.5. The van der Waals surface area contributed by atoms with Crippen molar-refractivity contribution in [1.82, 2.24) is 20.5 Å². The van der Waals surface area contributed by atoms with E-state index in [1.807, 2.05) is 18.3 Å². The van der Waals surface area contributed by atoms with Crippen LogP contribution in [0, 0.1) is 11.8 Å². The number of rotatable bonds is 6. The van der Waals surface area contributed by atoms with Crippen LogP contribution in [0.15, 0.2) is 30.5 Å². The Kier molecular flexibility index (Phi) is 7.23. The number of nitrogens with two attached hydrogens (primary N) is 1. The Bertz CT molecular complexity index is 1020. The van der Waals surface area contributed by atoms with Gasteiger partial charge in [0.2, 0.25) is 0 Å². The molecule has 1 saturated carbocycles. The van der Waals surface area contributed by atoms with Crippen LogP contribution in [0.1, 0.15) is 63.5 Å². The zero-order valence-corrected chi connectivity index (χ0v) is 21.3. The number of ether oxygens (including phenoxy) is 1. The van der Waals surface area contributed by atoms with Gasteiger partial charge in [-0.1, -0.05) is 26.2 Å². The number of aromatic nitrogens is 1. The van der Waals surface area contributed by atoms with Gasteiger partial charge in [-0.15, -0.1) is 0 Å². The highest BCUT2D eigenvalue weighted by Gasteiger charge is 2.43. The molecule has 1 aromatic heterocycles. The van der Waals surface area contributed by atoms with Crippen LogP contribution in [0.3, 0.4) is 0 Å². The lowest BCUT2D eigenvalue weighted by atomic mass is 9.72. The molecule has 4 aliphatic rings. The summed E-state index contributed by atoms with van der Waals surface area (Å²) in [6.07, 6.45) is 10.3. The van der Waals surface area contributed by atoms with E-state index in [1.165, 1.54) is 50.8 Å². The summed E-state index contributed by atoms with van der Waals surface area (Å²) in [6, 6.07) is 9.20. The molecule has 34 heavy (non-hydrogen) atoms. The van der Waals surface area contributed by atoms with Crippen LogP contribution in [-0.2, 0) is 0 Å². The number of nitrogens with one attached hydrogen (secondary N) is 2. The molecule has 4 heterocycles. The van der Waals surface area contributed by atoms with Crippen LogP contribution < -0.4 is 21.1 Å². The number of piperidine rings is 3. The van der Waals surface area contributed by atoms with Gasteiger partial charge in [-0.2, -0.15) is 0 Å². The molecule has 0 spiro atoms. The first-order valence-corrected chi connectivity index (χ1v) is 13.5. The molecule has 2 aromatic rings. The van der Waals surface area contributed by atoms with Crippen LogP contribution in [0.5, 0.6) is 5.75 Å². The predicted octanol–water partition coefficient (Wildman–Crippen LogP) is 4.14. The smallest absolute Gasteiger partial charge is 0.167 e. The highest BCUT2D eigenvalue weighted by atomic mass is 32.1. The van der Waals surface area contributed by atoms with Gasteiger partial charge in [-0.25, -0.2) is 0 Å². The Hall–Kier alpha value is -1.96. The highest BCUT2D eigenvalue weighted by Crippen LogP contribution is 2.43. The number of thiocarbonyl (C=S) groups is 1. The van der Waals surface area contributed by atoms with Gasteiger partial charge in [0.15, 0.2) is 5.11 Å². The summed E-state index contributed by atoms with van der Waals surface area (Å²) in [5.74, 6) is 2.45. The summed E-state index contributed by atoms with van der Waals surface area (Å²) in [6.45, 7) is 4.69. The first kappa shape index (κ1) is 23.8. The van der Waals surface area contributed by atoms with E-state index in [2.05, 4.69) is 39.6 Å². The van der Waals surface area contributed by atoms with Gasteiger partial charge >= 0.3 is 0 Å². The lowest BCUT2D eigenvalue weighted by Gasteiger charge is -2.52. The standard InChI is InChI=1S/C27H39N5OS/c1-3-17-16-32-13-11-18(17)14-25(32)26(31-27(34)30-24-7-5-4-6-22(24)28)20-10-12-29-23-9-8-19(33-2)15-21(20)23/h8-10,12,15,17-18,22,24-26H,3-7,11,13-14,16,28H2,1-2H3,(H2,30,31,34)/t17?,18?,22-,24-,25-,26-/m0/s1. The average Bonchev–Trinajstić information content (AvgIpc) is 2.88. The Morgan fingerprint density at radius 1 is 1.26 bits per heavy atom. The number of hydrogen-bond donors (Lipinski definition) is 3. The Balaban J connectivity index is 1.47. The Morgan fingerprint density at radius 2 is 2.12 bits per heavy atom. The normalized spacial score (nSPS) is 31.7. The molecule has 1 aromatic carbocycles. The molecule has 0 amide bonds. The highest BCUT2D eigenvalue weighted by molar-refractivity contribution is 7.80. The maximum Gasteiger partial charge on any atom is 0.167 e. The van der Waals surface area contributed by atoms with E-state index in [1.54, 1.807) is 7.11 Å². The first-order valence-electron chi connectivity index (χ1n) is 13.1. The Morgan fingerprint density at radius 3 is 2.85 bits per heavy atom. The first-order chi connectivity index (χ1) is 16.6. The van der Waals surface area contributed by atoms with Crippen molar-refractivity contribution in [2.75, 3.05) is 20.2 Å². The summed E-state index contributed by atoms with van der Waals surface area (Å²) in [5, 5.41) is 9.20. The third-order valence-electron chi connectivity index (χ3n) is 8.59. The monoisotopic (exact) mass is 481 g/mol. The van der Waals surface area contributed by atoms with E-state index in [0.717, 1.165) is 46.4 Å². The lowest BCUT2D eigenvalue weighted by Crippen LogP contribution is -2.59. The maximum atomic E-state index is 6.42. The average molecular weight is 482 g/mol. The summed E-state index contributed by atoms with van der Waals surface area (Å²) >= 11 is 5.90. The third-order valence-corrected chi connectivity index (χ3v) is 8.82. The molecule has 184 valence electrons. The number of hydrogen-bond acceptors (Lipinski definition) is 5. The molecule has 3 unspecified atom stereocenters. The second-order valence-corrected chi connectivity index (χ2v) is 10.9. The van der Waals surface area contributed by atoms with Gasteiger partial charge in [-0.05, 0) is 86.1 Å². The van der Waals surface area contributed by atoms with Crippen LogP contribution in [0.2, 0.25) is 0 Å². The fourth-order valence-electron chi connectivity index (χ4n) is 6.61. The SMILES string of the molecule is CCC1CN2CCC1C[C@H]2[C@@H](NC(=S)N[C@H]1CCCC[C@@H]1N)c1ccnc2ccc(OC)cc12. The Labute approximate surface area is 209 Å². The van der Waals surface area contributed by atoms with E-state index < -0.39 is 0 Å². The molecule has 6 nitrogen and oxygen atoms in total. The minimum atomic E-state index is 0.0815. The van der Waals surface area contributed by atoms with E-state index in [9.17, 15) is 0 Å². The molecule has 2 bridgehead atoms. The summed E-state index contributed by atoms with van der Waals surface area (Å²) in [5.41, 5.74) is 8.65. The van der Waals surface area contributed by atoms with Crippen LogP contribution in [0.4, 0.5) is 0 Å². The van der Waals surface area contributed by atoms with Crippen molar-refractivity contribution in [3.63, 3.8) is 0 Å². The number of benzene rings is 1. The fraction of sp³-hybridized carbons (Fsp3) is 0.630. The molecular formula is C27H39N5OS. The van der Waals surface area contributed by atoms with Crippen molar-refractivity contribution >= 4 is 28.2 Å². The fourth-order valence-corrected chi connectivity index (χ4v) is 6.88. The van der Waals surface area contributed by atoms with Crippen LogP contribution in [0.25, 0.3) is 10.9 Å². The van der Waals surface area contributed by atoms with Gasteiger partial charge < -0.3 is 21.1 Å². The van der Waals surface area contributed by atoms with Crippen molar-refractivity contribution in [3.8, 4) is 5.75 Å². The third kappa shape index (κ3) is 4.75. The van der Waals surface area contributed by atoms with E-state index >= 15 is 0 Å². The number of nitrogens with zero attached hydrogens (tertiary/aromatic N) is 2. The summed E-state index contributed by atoms with van der Waals surface area (Å²) in [7, 11) is 1.72. The van der Waals surface area contributed by atoms with Crippen molar-refractivity contribution in [1.29, 1.82) is 0 Å². The quantitative estimate of drug-likeness (QED) is 0.536. The molecule has 6 rings (SSSR count). The van der Waals surface area contributed by atoms with Gasteiger partial charge in [0.05, 0.1) is 18.7 Å². The van der Waals surface area contributed by atoms with E-state index in [-0.39, 0.29) is 18.1 Å². The second-order valence-electron chi connectivity index (χ2n) is 10.4. The van der Waals surface area contributed by atoms with Crippen LogP contribution >= 0.6 is 12.2 Å². The largest absolute Gasteiger partial charge is 0.497 e. The molecule has 1 aliphatic carbocycles. The number of fused-ring (bicyclic) bond motifs is 4. The van der Waals surface area contributed by atoms with Crippen molar-refractivity contribution in [3.05, 3.63) is 36.0 Å². The predicted molar refractivity (Wildman–Crippen MR) is 142 cm³/mol. The number of pyridine rings is 1. The van der Waals surface area contributed by atoms with Gasteiger partial charge in [0.1, 0.15) is 5.75 Å². The van der Waals surface area contributed by atoms with Gasteiger partial charge in [0.25, 0.3) is 0 Å². The molecule has 7 heteroatoms. The summed E-state index contributed by atoms with van der Waals surface area (Å²) < 4.78 is 5.56. The second kappa shape index (κ2) is 10.3. The molecule has 3 saturated heterocycles. The number of methoxy groups -OCH3 is 1. The molecule has 4 fully saturated rings. The van der Waals surface area contributed by atoms with Crippen molar-refractivity contribution < 1.29 is 4.74 Å². The molecule has 3 aliphatic heterocycles. The minimum Gasteiger partial charge on any atom is -0.497 e. The van der Waals surface area contributed by atoms with Crippen molar-refractivity contribution in [2.24, 2.45) is 17.6 Å². The molecule has 4 N–H and O–H groups in total.